The molecule has 0 saturated carbocycles. The zero-order chi connectivity index (χ0) is 10.6. The third-order valence-electron chi connectivity index (χ3n) is 1.90. The molecule has 1 aromatic carbocycles. The lowest BCUT2D eigenvalue weighted by Gasteiger charge is -2.07. The second-order valence-electron chi connectivity index (χ2n) is 2.98. The molecule has 14 heavy (non-hydrogen) atoms. The highest BCUT2D eigenvalue weighted by Gasteiger charge is 2.10. The van der Waals surface area contributed by atoms with E-state index in [-0.39, 0.29) is 12.2 Å². The number of ketones is 1. The Morgan fingerprint density at radius 3 is 2.79 bits per heavy atom. The van der Waals surface area contributed by atoms with Gasteiger partial charge in [-0.1, -0.05) is 6.07 Å². The zero-order valence-electron chi connectivity index (χ0n) is 8.20. The van der Waals surface area contributed by atoms with Crippen molar-refractivity contribution in [1.82, 2.24) is 0 Å². The summed E-state index contributed by atoms with van der Waals surface area (Å²) >= 11 is 0. The summed E-state index contributed by atoms with van der Waals surface area (Å²) in [5, 5.41) is 8.83. The lowest BCUT2D eigenvalue weighted by molar-refractivity contribution is -0.116. The van der Waals surface area contributed by atoms with Crippen LogP contribution < -0.4 is 4.74 Å². The number of carbonyl (C=O) groups is 1. The van der Waals surface area contributed by atoms with E-state index in [0.717, 1.165) is 0 Å². The molecule has 0 amide bonds. The number of ether oxygens (including phenoxy) is 1. The molecule has 3 heteroatoms. The van der Waals surface area contributed by atoms with Crippen LogP contribution in [0, 0.1) is 11.3 Å². The Labute approximate surface area is 82.9 Å². The topological polar surface area (TPSA) is 50.1 Å². The third kappa shape index (κ3) is 2.11. The maximum absolute atomic E-state index is 11.0. The summed E-state index contributed by atoms with van der Waals surface area (Å²) in [6, 6.07) is 7.21. The van der Waals surface area contributed by atoms with Crippen LogP contribution in [0.25, 0.3) is 0 Å². The van der Waals surface area contributed by atoms with E-state index in [9.17, 15) is 4.79 Å². The molecule has 0 radical (unpaired) electrons. The Balaban J connectivity index is 3.20. The fraction of sp³-hybridized carbons (Fsp3) is 0.273. The number of nitrogens with zero attached hydrogens (tertiary/aromatic N) is 1. The van der Waals surface area contributed by atoms with Gasteiger partial charge < -0.3 is 4.74 Å². The Kier molecular flexibility index (Phi) is 3.24. The molecular formula is C11H11NO2. The van der Waals surface area contributed by atoms with Crippen LogP contribution in [-0.4, -0.2) is 12.9 Å². The van der Waals surface area contributed by atoms with Gasteiger partial charge in [0.15, 0.2) is 0 Å². The number of methoxy groups -OCH3 is 1. The van der Waals surface area contributed by atoms with Crippen LogP contribution in [0.15, 0.2) is 18.2 Å². The lowest BCUT2D eigenvalue weighted by atomic mass is 10.0. The van der Waals surface area contributed by atoms with Gasteiger partial charge in [0.2, 0.25) is 0 Å². The molecule has 1 aromatic rings. The Morgan fingerprint density at radius 1 is 1.57 bits per heavy atom. The Morgan fingerprint density at radius 2 is 2.29 bits per heavy atom. The zero-order valence-corrected chi connectivity index (χ0v) is 8.20. The molecule has 0 aromatic heterocycles. The summed E-state index contributed by atoms with van der Waals surface area (Å²) in [4.78, 5) is 11.0. The van der Waals surface area contributed by atoms with E-state index in [1.165, 1.54) is 14.0 Å². The number of hydrogen-bond acceptors (Lipinski definition) is 3. The molecule has 0 aliphatic carbocycles. The predicted octanol–water partition coefficient (Wildman–Crippen LogP) is 1.70. The molecule has 0 atom stereocenters. The minimum atomic E-state index is 0.0194. The van der Waals surface area contributed by atoms with Crippen LogP contribution in [-0.2, 0) is 11.2 Å². The molecule has 3 nitrogen and oxygen atoms in total. The van der Waals surface area contributed by atoms with Gasteiger partial charge in [-0.25, -0.2) is 0 Å². The number of carbonyl (C=O) groups excluding carboxylic acids is 1. The normalized spacial score (nSPS) is 9.21. The summed E-state index contributed by atoms with van der Waals surface area (Å²) in [5.41, 5.74) is 1.17. The summed E-state index contributed by atoms with van der Waals surface area (Å²) in [6.45, 7) is 1.49. The van der Waals surface area contributed by atoms with Gasteiger partial charge in [0.1, 0.15) is 11.5 Å². The van der Waals surface area contributed by atoms with Gasteiger partial charge in [0.05, 0.1) is 18.7 Å². The van der Waals surface area contributed by atoms with Crippen molar-refractivity contribution in [2.45, 2.75) is 13.3 Å². The van der Waals surface area contributed by atoms with E-state index in [4.69, 9.17) is 10.00 Å². The molecular weight excluding hydrogens is 178 g/mol. The van der Waals surface area contributed by atoms with Crippen molar-refractivity contribution >= 4 is 5.78 Å². The quantitative estimate of drug-likeness (QED) is 0.727. The van der Waals surface area contributed by atoms with Gasteiger partial charge >= 0.3 is 0 Å². The average molecular weight is 189 g/mol. The van der Waals surface area contributed by atoms with Crippen LogP contribution in [0.4, 0.5) is 0 Å². The number of nitriles is 1. The second-order valence-corrected chi connectivity index (χ2v) is 2.98. The first-order chi connectivity index (χ1) is 6.69. The van der Waals surface area contributed by atoms with E-state index in [0.29, 0.717) is 16.9 Å². The monoisotopic (exact) mass is 189 g/mol. The molecule has 1 rings (SSSR count). The summed E-state index contributed by atoms with van der Waals surface area (Å²) < 4.78 is 5.09. The number of Topliss-reactive ketones (excluding diaryl/α,β-unsaturated/α-hetero) is 1. The van der Waals surface area contributed by atoms with Crippen LogP contribution >= 0.6 is 0 Å². The van der Waals surface area contributed by atoms with Crippen molar-refractivity contribution in [2.75, 3.05) is 7.11 Å². The second kappa shape index (κ2) is 4.43. The maximum atomic E-state index is 11.0. The molecule has 0 heterocycles. The summed E-state index contributed by atoms with van der Waals surface area (Å²) in [6.07, 6.45) is 0.243. The molecule has 0 aliphatic rings. The molecule has 0 N–H and O–H groups in total. The average Bonchev–Trinajstić information content (AvgIpc) is 2.17. The van der Waals surface area contributed by atoms with Gasteiger partial charge in [-0.05, 0) is 19.1 Å². The maximum Gasteiger partial charge on any atom is 0.134 e. The third-order valence-corrected chi connectivity index (χ3v) is 1.90. The highest BCUT2D eigenvalue weighted by atomic mass is 16.5. The largest absolute Gasteiger partial charge is 0.496 e. The van der Waals surface area contributed by atoms with E-state index in [2.05, 4.69) is 0 Å². The van der Waals surface area contributed by atoms with E-state index in [1.807, 2.05) is 6.07 Å². The molecule has 72 valence electrons. The minimum Gasteiger partial charge on any atom is -0.496 e. The number of rotatable bonds is 3. The minimum absolute atomic E-state index is 0.0194. The van der Waals surface area contributed by atoms with E-state index >= 15 is 0 Å². The number of benzene rings is 1. The predicted molar refractivity (Wildman–Crippen MR) is 52.1 cm³/mol. The first kappa shape index (κ1) is 10.3. The molecule has 0 fully saturated rings. The van der Waals surface area contributed by atoms with Crippen molar-refractivity contribution in [1.29, 1.82) is 5.26 Å². The molecule has 0 bridgehead atoms. The highest BCUT2D eigenvalue weighted by molar-refractivity contribution is 5.79. The van der Waals surface area contributed by atoms with Gasteiger partial charge in [-0.3, -0.25) is 4.79 Å². The van der Waals surface area contributed by atoms with Gasteiger partial charge in [0.25, 0.3) is 0 Å². The van der Waals surface area contributed by atoms with Gasteiger partial charge in [-0.2, -0.15) is 5.26 Å². The van der Waals surface area contributed by atoms with Crippen LogP contribution in [0.5, 0.6) is 5.75 Å². The SMILES string of the molecule is COc1cccc(C#N)c1CC(C)=O. The summed E-state index contributed by atoms with van der Waals surface area (Å²) in [5.74, 6) is 0.616. The Hall–Kier alpha value is -1.82. The summed E-state index contributed by atoms with van der Waals surface area (Å²) in [7, 11) is 1.53. The fourth-order valence-electron chi connectivity index (χ4n) is 1.29. The Bertz CT molecular complexity index is 391. The molecule has 0 saturated heterocycles. The standard InChI is InChI=1S/C11H11NO2/c1-8(13)6-10-9(7-12)4-3-5-11(10)14-2/h3-5H,6H2,1-2H3. The van der Waals surface area contributed by atoms with Crippen LogP contribution in [0.1, 0.15) is 18.1 Å². The molecule has 0 unspecified atom stereocenters. The van der Waals surface area contributed by atoms with Crippen molar-refractivity contribution in [3.63, 3.8) is 0 Å². The molecule has 0 aliphatic heterocycles. The van der Waals surface area contributed by atoms with E-state index in [1.54, 1.807) is 18.2 Å². The van der Waals surface area contributed by atoms with E-state index < -0.39 is 0 Å². The van der Waals surface area contributed by atoms with Crippen molar-refractivity contribution in [3.8, 4) is 11.8 Å². The van der Waals surface area contributed by atoms with Crippen LogP contribution in [0.2, 0.25) is 0 Å². The highest BCUT2D eigenvalue weighted by Crippen LogP contribution is 2.22. The molecule has 0 spiro atoms. The van der Waals surface area contributed by atoms with Crippen molar-refractivity contribution in [2.24, 2.45) is 0 Å². The van der Waals surface area contributed by atoms with Crippen molar-refractivity contribution < 1.29 is 9.53 Å². The lowest BCUT2D eigenvalue weighted by Crippen LogP contribution is -2.02. The first-order valence-corrected chi connectivity index (χ1v) is 4.24. The number of hydrogen-bond donors (Lipinski definition) is 0. The van der Waals surface area contributed by atoms with Gasteiger partial charge in [-0.15, -0.1) is 0 Å². The van der Waals surface area contributed by atoms with Crippen LogP contribution in [0.3, 0.4) is 0 Å². The van der Waals surface area contributed by atoms with Crippen molar-refractivity contribution in [3.05, 3.63) is 29.3 Å². The first-order valence-electron chi connectivity index (χ1n) is 4.24. The van der Waals surface area contributed by atoms with Gasteiger partial charge in [0, 0.05) is 12.0 Å². The smallest absolute Gasteiger partial charge is 0.134 e. The fourth-order valence-corrected chi connectivity index (χ4v) is 1.29.